The maximum atomic E-state index is 14.1. The molecule has 0 spiro atoms. The summed E-state index contributed by atoms with van der Waals surface area (Å²) in [6.45, 7) is 19.1. The highest BCUT2D eigenvalue weighted by Gasteiger charge is 2.37. The van der Waals surface area contributed by atoms with Crippen molar-refractivity contribution < 1.29 is 24.2 Å². The molecule has 37 heavy (non-hydrogen) atoms. The van der Waals surface area contributed by atoms with E-state index in [0.717, 1.165) is 12.8 Å². The smallest absolute Gasteiger partial charge is 0.408 e. The van der Waals surface area contributed by atoms with Crippen LogP contribution in [0, 0.1) is 12.8 Å². The van der Waals surface area contributed by atoms with Gasteiger partial charge in [0.05, 0.1) is 0 Å². The molecule has 0 heterocycles. The minimum absolute atomic E-state index is 0.110. The van der Waals surface area contributed by atoms with E-state index in [2.05, 4.69) is 17.6 Å². The van der Waals surface area contributed by atoms with Crippen LogP contribution in [-0.2, 0) is 14.3 Å². The van der Waals surface area contributed by atoms with E-state index in [4.69, 9.17) is 4.74 Å². The van der Waals surface area contributed by atoms with E-state index in [0.29, 0.717) is 30.5 Å². The van der Waals surface area contributed by atoms with Crippen LogP contribution >= 0.6 is 0 Å². The number of unbranched alkanes of at least 4 members (excludes halogenated alkanes) is 2. The zero-order valence-electron chi connectivity index (χ0n) is 24.5. The first kappa shape index (κ1) is 32.3. The van der Waals surface area contributed by atoms with Gasteiger partial charge in [0, 0.05) is 12.1 Å². The number of amides is 3. The van der Waals surface area contributed by atoms with Gasteiger partial charge in [-0.1, -0.05) is 39.7 Å². The summed E-state index contributed by atoms with van der Waals surface area (Å²) in [7, 11) is 0. The van der Waals surface area contributed by atoms with Crippen molar-refractivity contribution in [2.75, 3.05) is 6.54 Å². The van der Waals surface area contributed by atoms with Crippen molar-refractivity contribution >= 4 is 17.9 Å². The van der Waals surface area contributed by atoms with Crippen molar-refractivity contribution in [3.63, 3.8) is 0 Å². The Morgan fingerprint density at radius 2 is 1.68 bits per heavy atom. The molecule has 210 valence electrons. The lowest BCUT2D eigenvalue weighted by Gasteiger charge is -2.36. The summed E-state index contributed by atoms with van der Waals surface area (Å²) in [6, 6.07) is 3.16. The molecule has 2 atom stereocenters. The molecule has 0 bridgehead atoms. The fraction of sp³-hybridized carbons (Fsp3) is 0.690. The number of benzene rings is 1. The van der Waals surface area contributed by atoms with E-state index in [1.807, 2.05) is 34.6 Å². The Morgan fingerprint density at radius 3 is 2.16 bits per heavy atom. The van der Waals surface area contributed by atoms with Gasteiger partial charge in [-0.05, 0) is 90.5 Å². The molecule has 0 aliphatic carbocycles. The first-order chi connectivity index (χ1) is 16.9. The van der Waals surface area contributed by atoms with Crippen LogP contribution in [0.1, 0.15) is 105 Å². The molecule has 2 unspecified atom stereocenters. The van der Waals surface area contributed by atoms with Gasteiger partial charge in [-0.15, -0.1) is 0 Å². The Hall–Kier alpha value is -2.77. The quantitative estimate of drug-likeness (QED) is 0.329. The number of aryl methyl sites for hydroxylation is 1. The van der Waals surface area contributed by atoms with Gasteiger partial charge in [0.1, 0.15) is 23.4 Å². The van der Waals surface area contributed by atoms with Crippen LogP contribution in [0.3, 0.4) is 0 Å². The van der Waals surface area contributed by atoms with Gasteiger partial charge in [0.15, 0.2) is 0 Å². The molecule has 0 saturated heterocycles. The highest BCUT2D eigenvalue weighted by molar-refractivity contribution is 5.92. The van der Waals surface area contributed by atoms with E-state index in [9.17, 15) is 19.5 Å². The summed E-state index contributed by atoms with van der Waals surface area (Å²) in [4.78, 5) is 42.1. The summed E-state index contributed by atoms with van der Waals surface area (Å²) >= 11 is 0. The maximum absolute atomic E-state index is 14.1. The minimum Gasteiger partial charge on any atom is -0.508 e. The summed E-state index contributed by atoms with van der Waals surface area (Å²) < 4.78 is 5.44. The average molecular weight is 520 g/mol. The number of rotatable bonds is 11. The van der Waals surface area contributed by atoms with Crippen molar-refractivity contribution in [1.82, 2.24) is 15.5 Å². The predicted molar refractivity (Wildman–Crippen MR) is 147 cm³/mol. The number of nitrogens with one attached hydrogen (secondary N) is 2. The number of carbonyl (C=O) groups is 3. The lowest BCUT2D eigenvalue weighted by atomic mass is 9.96. The first-order valence-corrected chi connectivity index (χ1v) is 13.4. The number of ether oxygens (including phenoxy) is 1. The van der Waals surface area contributed by atoms with Gasteiger partial charge in [-0.2, -0.15) is 0 Å². The van der Waals surface area contributed by atoms with Crippen LogP contribution in [0.5, 0.6) is 5.75 Å². The largest absolute Gasteiger partial charge is 0.508 e. The second kappa shape index (κ2) is 13.7. The topological polar surface area (TPSA) is 108 Å². The molecule has 0 aliphatic rings. The molecule has 8 nitrogen and oxygen atoms in total. The normalized spacial score (nSPS) is 13.6. The highest BCUT2D eigenvalue weighted by atomic mass is 16.6. The Morgan fingerprint density at radius 1 is 1.05 bits per heavy atom. The minimum atomic E-state index is -0.932. The summed E-state index contributed by atoms with van der Waals surface area (Å²) in [5, 5.41) is 15.9. The number of aromatic hydroxyl groups is 1. The molecule has 0 aliphatic heterocycles. The van der Waals surface area contributed by atoms with Crippen molar-refractivity contribution in [3.8, 4) is 5.75 Å². The summed E-state index contributed by atoms with van der Waals surface area (Å²) in [6.07, 6.45) is 2.27. The number of phenols is 1. The van der Waals surface area contributed by atoms with E-state index >= 15 is 0 Å². The van der Waals surface area contributed by atoms with Crippen molar-refractivity contribution in [2.24, 2.45) is 5.92 Å². The van der Waals surface area contributed by atoms with Gasteiger partial charge in [0.2, 0.25) is 11.8 Å². The molecule has 8 heteroatoms. The van der Waals surface area contributed by atoms with Crippen LogP contribution in [0.15, 0.2) is 18.2 Å². The van der Waals surface area contributed by atoms with E-state index in [1.54, 1.807) is 50.8 Å². The molecule has 1 rings (SSSR count). The van der Waals surface area contributed by atoms with Crippen LogP contribution < -0.4 is 10.6 Å². The fourth-order valence-electron chi connectivity index (χ4n) is 4.00. The van der Waals surface area contributed by atoms with Crippen molar-refractivity contribution in [1.29, 1.82) is 0 Å². The van der Waals surface area contributed by atoms with E-state index < -0.39 is 29.3 Å². The number of alkyl carbamates (subject to hydrolysis) is 1. The Labute approximate surface area is 223 Å². The third-order valence-corrected chi connectivity index (χ3v) is 5.58. The number of nitrogens with zero attached hydrogens (tertiary/aromatic N) is 1. The SMILES string of the molecule is CCCCCN(C(=O)C(CC(C)C)NC(=O)OC(C)(C)C)C(C(=O)NC(C)(C)C)c1ccc(O)c(C)c1. The molecule has 0 fully saturated rings. The van der Waals surface area contributed by atoms with Gasteiger partial charge in [-0.3, -0.25) is 9.59 Å². The van der Waals surface area contributed by atoms with Crippen LogP contribution in [0.25, 0.3) is 0 Å². The zero-order valence-corrected chi connectivity index (χ0v) is 24.5. The van der Waals surface area contributed by atoms with Crippen molar-refractivity contribution in [3.05, 3.63) is 29.3 Å². The fourth-order valence-corrected chi connectivity index (χ4v) is 4.00. The maximum Gasteiger partial charge on any atom is 0.408 e. The first-order valence-electron chi connectivity index (χ1n) is 13.4. The van der Waals surface area contributed by atoms with Gasteiger partial charge < -0.3 is 25.4 Å². The standard InChI is InChI=1S/C29H49N3O5/c1-11-12-13-16-32(26(35)22(17-19(2)3)30-27(36)37-29(8,9)10)24(25(34)31-28(5,6)7)21-14-15-23(33)20(4)18-21/h14-15,18-19,22,24,33H,11-13,16-17H2,1-10H3,(H,30,36)(H,31,34). The Balaban J connectivity index is 3.57. The van der Waals surface area contributed by atoms with Crippen molar-refractivity contribution in [2.45, 2.75) is 118 Å². The molecule has 0 radical (unpaired) electrons. The average Bonchev–Trinajstić information content (AvgIpc) is 2.71. The van der Waals surface area contributed by atoms with E-state index in [1.165, 1.54) is 0 Å². The summed E-state index contributed by atoms with van der Waals surface area (Å²) in [5.74, 6) is -0.426. The van der Waals surface area contributed by atoms with Gasteiger partial charge in [-0.25, -0.2) is 4.79 Å². The molecular formula is C29H49N3O5. The van der Waals surface area contributed by atoms with Crippen LogP contribution in [-0.4, -0.2) is 51.6 Å². The third-order valence-electron chi connectivity index (χ3n) is 5.58. The zero-order chi connectivity index (χ0) is 28.6. The third kappa shape index (κ3) is 11.4. The van der Waals surface area contributed by atoms with Gasteiger partial charge >= 0.3 is 6.09 Å². The summed E-state index contributed by atoms with van der Waals surface area (Å²) in [5.41, 5.74) is -0.0271. The monoisotopic (exact) mass is 519 g/mol. The van der Waals surface area contributed by atoms with Gasteiger partial charge in [0.25, 0.3) is 0 Å². The number of hydrogen-bond donors (Lipinski definition) is 3. The molecule has 3 amide bonds. The highest BCUT2D eigenvalue weighted by Crippen LogP contribution is 2.29. The Bertz CT molecular complexity index is 915. The van der Waals surface area contributed by atoms with E-state index in [-0.39, 0.29) is 23.5 Å². The number of hydrogen-bond acceptors (Lipinski definition) is 5. The molecule has 0 saturated carbocycles. The molecule has 1 aromatic rings. The van der Waals surface area contributed by atoms with Crippen LogP contribution in [0.2, 0.25) is 0 Å². The molecule has 1 aromatic carbocycles. The molecule has 3 N–H and O–H groups in total. The molecule has 0 aromatic heterocycles. The Kier molecular flexibility index (Phi) is 11.9. The lowest BCUT2D eigenvalue weighted by Crippen LogP contribution is -2.55. The number of phenolic OH excluding ortho intramolecular Hbond substituents is 1. The second-order valence-electron chi connectivity index (χ2n) is 12.3. The predicted octanol–water partition coefficient (Wildman–Crippen LogP) is 5.61. The molecular weight excluding hydrogens is 470 g/mol. The van der Waals surface area contributed by atoms with Crippen LogP contribution in [0.4, 0.5) is 4.79 Å². The lowest BCUT2D eigenvalue weighted by molar-refractivity contribution is -0.143. The number of carbonyl (C=O) groups excluding carboxylic acids is 3. The second-order valence-corrected chi connectivity index (χ2v) is 12.3.